The number of hydrogen-bond donors (Lipinski definition) is 0. The Bertz CT molecular complexity index is 622. The minimum atomic E-state index is -1.79. The first-order valence-corrected chi connectivity index (χ1v) is 11.4. The summed E-state index contributed by atoms with van der Waals surface area (Å²) in [6.45, 7) is 11.4. The first-order valence-electron chi connectivity index (χ1n) is 8.96. The highest BCUT2D eigenvalue weighted by Crippen LogP contribution is 2.41. The summed E-state index contributed by atoms with van der Waals surface area (Å²) in [6.07, 6.45) is 9.12. The van der Waals surface area contributed by atoms with Gasteiger partial charge in [0.2, 0.25) is 0 Å². The van der Waals surface area contributed by atoms with E-state index in [-0.39, 0.29) is 5.41 Å². The van der Waals surface area contributed by atoms with Gasteiger partial charge in [-0.25, -0.2) is 0 Å². The summed E-state index contributed by atoms with van der Waals surface area (Å²) in [6, 6.07) is 6.77. The number of benzene rings is 1. The Kier molecular flexibility index (Phi) is 5.64. The minimum absolute atomic E-state index is 0.0115. The minimum Gasteiger partial charge on any atom is -0.497 e. The molecule has 1 aromatic carbocycles. The van der Waals surface area contributed by atoms with Gasteiger partial charge in [-0.3, -0.25) is 0 Å². The number of hydrogen-bond acceptors (Lipinski definition) is 2. The van der Waals surface area contributed by atoms with Crippen molar-refractivity contribution in [1.82, 2.24) is 0 Å². The van der Waals surface area contributed by atoms with Crippen LogP contribution in [0.3, 0.4) is 0 Å². The molecule has 0 aromatic heterocycles. The van der Waals surface area contributed by atoms with Crippen LogP contribution in [-0.4, -0.2) is 22.3 Å². The second kappa shape index (κ2) is 7.18. The van der Waals surface area contributed by atoms with E-state index in [4.69, 9.17) is 9.47 Å². The third kappa shape index (κ3) is 3.19. The van der Waals surface area contributed by atoms with Crippen molar-refractivity contribution >= 4 is 13.3 Å². The van der Waals surface area contributed by atoms with Crippen molar-refractivity contribution < 1.29 is 9.47 Å². The Balaban J connectivity index is 2.78. The van der Waals surface area contributed by atoms with Crippen molar-refractivity contribution in [3.8, 4) is 11.5 Å². The Labute approximate surface area is 148 Å². The average molecular weight is 345 g/mol. The van der Waals surface area contributed by atoms with E-state index < -0.39 is 8.07 Å². The second-order valence-corrected chi connectivity index (χ2v) is 12.6. The van der Waals surface area contributed by atoms with Gasteiger partial charge >= 0.3 is 0 Å². The van der Waals surface area contributed by atoms with Gasteiger partial charge in [0.15, 0.2) is 0 Å². The van der Waals surface area contributed by atoms with Gasteiger partial charge < -0.3 is 9.47 Å². The third-order valence-electron chi connectivity index (χ3n) is 5.49. The van der Waals surface area contributed by atoms with Crippen LogP contribution in [0.25, 0.3) is 0 Å². The normalized spacial score (nSPS) is 15.1. The zero-order valence-electron chi connectivity index (χ0n) is 16.3. The molecule has 0 N–H and O–H groups in total. The summed E-state index contributed by atoms with van der Waals surface area (Å²) in [5, 5.41) is 1.40. The van der Waals surface area contributed by atoms with Gasteiger partial charge in [0.1, 0.15) is 19.6 Å². The molecular weight excluding hydrogens is 312 g/mol. The Morgan fingerprint density at radius 2 is 1.54 bits per heavy atom. The maximum atomic E-state index is 6.00. The molecule has 0 spiro atoms. The van der Waals surface area contributed by atoms with Crippen LogP contribution in [0.1, 0.15) is 40.2 Å². The lowest BCUT2D eigenvalue weighted by Gasteiger charge is -2.37. The summed E-state index contributed by atoms with van der Waals surface area (Å²) in [7, 11) is 1.78. The Morgan fingerprint density at radius 1 is 0.958 bits per heavy atom. The zero-order valence-corrected chi connectivity index (χ0v) is 17.3. The quantitative estimate of drug-likeness (QED) is 0.661. The highest BCUT2D eigenvalue weighted by atomic mass is 28.3. The molecule has 0 saturated carbocycles. The fraction of sp³-hybridized carbons (Fsp3) is 0.524. The van der Waals surface area contributed by atoms with E-state index in [9.17, 15) is 0 Å². The number of rotatable bonds is 6. The fourth-order valence-corrected chi connectivity index (χ4v) is 8.59. The average Bonchev–Trinajstić information content (AvgIpc) is 3.10. The topological polar surface area (TPSA) is 18.5 Å². The molecule has 0 aliphatic heterocycles. The summed E-state index contributed by atoms with van der Waals surface area (Å²) in [5.74, 6) is 2.02. The van der Waals surface area contributed by atoms with Crippen molar-refractivity contribution in [2.45, 2.75) is 57.7 Å². The van der Waals surface area contributed by atoms with E-state index in [0.29, 0.717) is 5.54 Å². The molecule has 0 radical (unpaired) electrons. The Hall–Kier alpha value is -1.48. The van der Waals surface area contributed by atoms with Gasteiger partial charge in [0.05, 0.1) is 14.2 Å². The van der Waals surface area contributed by atoms with Crippen molar-refractivity contribution in [1.29, 1.82) is 0 Å². The molecule has 2 rings (SSSR count). The summed E-state index contributed by atoms with van der Waals surface area (Å²) >= 11 is 0. The largest absolute Gasteiger partial charge is 0.497 e. The summed E-state index contributed by atoms with van der Waals surface area (Å²) < 4.78 is 11.7. The van der Waals surface area contributed by atoms with Crippen molar-refractivity contribution in [2.24, 2.45) is 0 Å². The molecule has 0 saturated heterocycles. The van der Waals surface area contributed by atoms with E-state index in [1.165, 1.54) is 22.8 Å². The van der Waals surface area contributed by atoms with Crippen LogP contribution >= 0.6 is 0 Å². The van der Waals surface area contributed by atoms with Gasteiger partial charge in [-0.15, -0.1) is 0 Å². The predicted molar refractivity (Wildman–Crippen MR) is 107 cm³/mol. The first-order chi connectivity index (χ1) is 11.3. The number of methoxy groups -OCH3 is 2. The maximum Gasteiger partial charge on any atom is 0.122 e. The van der Waals surface area contributed by atoms with Crippen molar-refractivity contribution in [2.75, 3.05) is 14.2 Å². The third-order valence-corrected chi connectivity index (χ3v) is 11.1. The molecule has 0 fully saturated rings. The van der Waals surface area contributed by atoms with Crippen LogP contribution in [0.5, 0.6) is 11.5 Å². The first kappa shape index (κ1) is 18.8. The molecule has 3 heteroatoms. The monoisotopic (exact) mass is 344 g/mol. The van der Waals surface area contributed by atoms with E-state index in [0.717, 1.165) is 11.5 Å². The van der Waals surface area contributed by atoms with Crippen LogP contribution in [0, 0.1) is 0 Å². The molecule has 1 aromatic rings. The molecule has 1 aliphatic carbocycles. The zero-order chi connectivity index (χ0) is 18.0. The van der Waals surface area contributed by atoms with Crippen molar-refractivity contribution in [3.63, 3.8) is 0 Å². The Morgan fingerprint density at radius 3 is 1.96 bits per heavy atom. The molecule has 0 heterocycles. The van der Waals surface area contributed by atoms with Crippen LogP contribution < -0.4 is 14.7 Å². The van der Waals surface area contributed by atoms with Crippen LogP contribution in [0.2, 0.25) is 17.6 Å². The molecule has 0 bridgehead atoms. The van der Waals surface area contributed by atoms with Gasteiger partial charge in [-0.2, -0.15) is 0 Å². The fourth-order valence-electron chi connectivity index (χ4n) is 3.95. The van der Waals surface area contributed by atoms with E-state index >= 15 is 0 Å². The maximum absolute atomic E-state index is 6.00. The van der Waals surface area contributed by atoms with Gasteiger partial charge in [-0.05, 0) is 28.3 Å². The van der Waals surface area contributed by atoms with Crippen LogP contribution in [-0.2, 0) is 5.41 Å². The van der Waals surface area contributed by atoms with E-state index in [2.05, 4.69) is 71.1 Å². The highest BCUT2D eigenvalue weighted by Gasteiger charge is 2.42. The second-order valence-electron chi connectivity index (χ2n) is 7.66. The van der Waals surface area contributed by atoms with Gasteiger partial charge in [-0.1, -0.05) is 71.0 Å². The van der Waals surface area contributed by atoms with Crippen LogP contribution in [0.4, 0.5) is 0 Å². The smallest absolute Gasteiger partial charge is 0.122 e. The van der Waals surface area contributed by atoms with E-state index in [1.54, 1.807) is 7.11 Å². The van der Waals surface area contributed by atoms with Gasteiger partial charge in [0.25, 0.3) is 0 Å². The van der Waals surface area contributed by atoms with Crippen LogP contribution in [0.15, 0.2) is 36.4 Å². The molecule has 1 aliphatic rings. The van der Waals surface area contributed by atoms with Crippen molar-refractivity contribution in [3.05, 3.63) is 42.0 Å². The molecular formula is C21H32O2Si. The molecule has 0 amide bonds. The lowest BCUT2D eigenvalue weighted by Crippen LogP contribution is -2.50. The lowest BCUT2D eigenvalue weighted by molar-refractivity contribution is 0.391. The predicted octanol–water partition coefficient (Wildman–Crippen LogP) is 5.19. The number of ether oxygens (including phenoxy) is 2. The molecule has 0 atom stereocenters. The summed E-state index contributed by atoms with van der Waals surface area (Å²) in [5.41, 5.74) is 1.78. The molecule has 132 valence electrons. The standard InChI is InChI=1S/C21H32O2Si/c1-8-24(9-2,17-12-10-11-13-17)19-15-16(22-6)14-18(20(19)23-7)21(3,4)5/h10-15,17H,8-9H2,1-7H3. The highest BCUT2D eigenvalue weighted by molar-refractivity contribution is 6.94. The van der Waals surface area contributed by atoms with E-state index in [1.807, 2.05) is 7.11 Å². The molecule has 2 nitrogen and oxygen atoms in total. The molecule has 24 heavy (non-hydrogen) atoms. The SMILES string of the molecule is CC[Si](CC)(c1cc(OC)cc(C(C)(C)C)c1OC)C1C=CC=C1. The number of allylic oxidation sites excluding steroid dienone is 4. The summed E-state index contributed by atoms with van der Waals surface area (Å²) in [4.78, 5) is 0. The molecule has 0 unspecified atom stereocenters. The lowest BCUT2D eigenvalue weighted by atomic mass is 9.86. The van der Waals surface area contributed by atoms with Gasteiger partial charge in [0, 0.05) is 5.56 Å².